The van der Waals surface area contributed by atoms with E-state index in [9.17, 15) is 13.2 Å². The number of hydrogen-bond acceptors (Lipinski definition) is 4. The van der Waals surface area contributed by atoms with Crippen LogP contribution in [0.4, 0.5) is 0 Å². The fourth-order valence-corrected chi connectivity index (χ4v) is 6.16. The Hall–Kier alpha value is -1.41. The minimum Gasteiger partial charge on any atom is -0.352 e. The van der Waals surface area contributed by atoms with Gasteiger partial charge in [0.25, 0.3) is 10.0 Å². The highest BCUT2D eigenvalue weighted by atomic mass is 35.5. The zero-order valence-corrected chi connectivity index (χ0v) is 16.6. The van der Waals surface area contributed by atoms with E-state index in [4.69, 9.17) is 11.6 Å². The summed E-state index contributed by atoms with van der Waals surface area (Å²) in [5, 5.41) is 5.21. The summed E-state index contributed by atoms with van der Waals surface area (Å²) in [5.41, 5.74) is 0.842. The second kappa shape index (κ2) is 8.52. The second-order valence-corrected chi connectivity index (χ2v) is 9.74. The molecule has 1 aliphatic heterocycles. The van der Waals surface area contributed by atoms with Crippen molar-refractivity contribution in [3.63, 3.8) is 0 Å². The van der Waals surface area contributed by atoms with Crippen molar-refractivity contribution < 1.29 is 13.2 Å². The topological polar surface area (TPSA) is 66.5 Å². The van der Waals surface area contributed by atoms with Crippen molar-refractivity contribution in [1.82, 2.24) is 9.62 Å². The third kappa shape index (κ3) is 4.46. The van der Waals surface area contributed by atoms with Gasteiger partial charge in [0.15, 0.2) is 0 Å². The second-order valence-electron chi connectivity index (χ2n) is 6.27. The molecular weight excluding hydrogens is 392 g/mol. The Kier molecular flexibility index (Phi) is 6.34. The number of thiophene rings is 1. The SMILES string of the molecule is O=C(C[C@H]1CCCCN1S(=O)(=O)c1cccs1)NCc1ccccc1Cl. The van der Waals surface area contributed by atoms with Gasteiger partial charge in [-0.25, -0.2) is 8.42 Å². The molecule has 0 spiro atoms. The first kappa shape index (κ1) is 19.4. The van der Waals surface area contributed by atoms with Crippen LogP contribution in [0.3, 0.4) is 0 Å². The third-order valence-corrected chi connectivity index (χ3v) is 8.18. The molecule has 8 heteroatoms. The number of amides is 1. The highest BCUT2D eigenvalue weighted by Crippen LogP contribution is 2.29. The van der Waals surface area contributed by atoms with Crippen LogP contribution in [0.15, 0.2) is 46.0 Å². The van der Waals surface area contributed by atoms with Crippen LogP contribution in [-0.2, 0) is 21.4 Å². The Morgan fingerprint density at radius 2 is 2.04 bits per heavy atom. The number of piperidine rings is 1. The molecule has 2 heterocycles. The van der Waals surface area contributed by atoms with Gasteiger partial charge in [0.2, 0.25) is 5.91 Å². The maximum atomic E-state index is 12.9. The maximum absolute atomic E-state index is 12.9. The quantitative estimate of drug-likeness (QED) is 0.787. The highest BCUT2D eigenvalue weighted by molar-refractivity contribution is 7.91. The van der Waals surface area contributed by atoms with E-state index < -0.39 is 10.0 Å². The van der Waals surface area contributed by atoms with E-state index >= 15 is 0 Å². The van der Waals surface area contributed by atoms with Crippen LogP contribution in [-0.4, -0.2) is 31.2 Å². The van der Waals surface area contributed by atoms with Gasteiger partial charge >= 0.3 is 0 Å². The summed E-state index contributed by atoms with van der Waals surface area (Å²) in [6.07, 6.45) is 2.61. The maximum Gasteiger partial charge on any atom is 0.252 e. The summed E-state index contributed by atoms with van der Waals surface area (Å²) in [4.78, 5) is 12.4. The van der Waals surface area contributed by atoms with E-state index in [0.29, 0.717) is 28.7 Å². The Morgan fingerprint density at radius 1 is 1.23 bits per heavy atom. The standard InChI is InChI=1S/C18H21ClN2O3S2/c19-16-8-2-1-6-14(16)13-20-17(22)12-15-7-3-4-10-21(15)26(23,24)18-9-5-11-25-18/h1-2,5-6,8-9,11,15H,3-4,7,10,12-13H2,(H,20,22)/t15-/m1/s1. The van der Waals surface area contributed by atoms with Crippen LogP contribution in [0.1, 0.15) is 31.2 Å². The van der Waals surface area contributed by atoms with Gasteiger partial charge in [-0.1, -0.05) is 42.3 Å². The Bertz CT molecular complexity index is 853. The van der Waals surface area contributed by atoms with Crippen LogP contribution >= 0.6 is 22.9 Å². The van der Waals surface area contributed by atoms with Gasteiger partial charge in [0, 0.05) is 30.6 Å². The van der Waals surface area contributed by atoms with Gasteiger partial charge in [-0.3, -0.25) is 4.79 Å². The molecule has 0 aliphatic carbocycles. The van der Waals surface area contributed by atoms with E-state index in [1.165, 1.54) is 15.6 Å². The molecule has 0 bridgehead atoms. The number of carbonyl (C=O) groups excluding carboxylic acids is 1. The lowest BCUT2D eigenvalue weighted by Crippen LogP contribution is -2.45. The zero-order chi connectivity index (χ0) is 18.6. The molecule has 1 atom stereocenters. The summed E-state index contributed by atoms with van der Waals surface area (Å²) in [6, 6.07) is 10.4. The van der Waals surface area contributed by atoms with Crippen molar-refractivity contribution in [3.05, 3.63) is 52.4 Å². The average molecular weight is 413 g/mol. The summed E-state index contributed by atoms with van der Waals surface area (Å²) in [5.74, 6) is -0.164. The van der Waals surface area contributed by atoms with Crippen molar-refractivity contribution in [2.24, 2.45) is 0 Å². The van der Waals surface area contributed by atoms with E-state index in [2.05, 4.69) is 5.32 Å². The van der Waals surface area contributed by atoms with Gasteiger partial charge < -0.3 is 5.32 Å². The van der Waals surface area contributed by atoms with Crippen molar-refractivity contribution in [2.75, 3.05) is 6.54 Å². The fourth-order valence-electron chi connectivity index (χ4n) is 3.14. The Morgan fingerprint density at radius 3 is 2.77 bits per heavy atom. The monoisotopic (exact) mass is 412 g/mol. The molecule has 140 valence electrons. The first-order chi connectivity index (χ1) is 12.5. The Balaban J connectivity index is 1.65. The van der Waals surface area contributed by atoms with Gasteiger partial charge in [0.05, 0.1) is 0 Å². The van der Waals surface area contributed by atoms with Crippen LogP contribution < -0.4 is 5.32 Å². The molecule has 5 nitrogen and oxygen atoms in total. The molecule has 1 aromatic carbocycles. The smallest absolute Gasteiger partial charge is 0.252 e. The molecule has 1 N–H and O–H groups in total. The third-order valence-electron chi connectivity index (χ3n) is 4.49. The van der Waals surface area contributed by atoms with Crippen LogP contribution in [0, 0.1) is 0 Å². The predicted molar refractivity (Wildman–Crippen MR) is 104 cm³/mol. The molecular formula is C18H21ClN2O3S2. The van der Waals surface area contributed by atoms with Crippen LogP contribution in [0.25, 0.3) is 0 Å². The molecule has 1 amide bonds. The number of halogens is 1. The number of benzene rings is 1. The van der Waals surface area contributed by atoms with Crippen molar-refractivity contribution in [1.29, 1.82) is 0 Å². The average Bonchev–Trinajstić information content (AvgIpc) is 3.17. The first-order valence-corrected chi connectivity index (χ1v) is 11.2. The fraction of sp³-hybridized carbons (Fsp3) is 0.389. The van der Waals surface area contributed by atoms with Gasteiger partial charge in [-0.15, -0.1) is 11.3 Å². The van der Waals surface area contributed by atoms with Gasteiger partial charge in [0.1, 0.15) is 4.21 Å². The minimum atomic E-state index is -3.54. The largest absolute Gasteiger partial charge is 0.352 e. The molecule has 0 radical (unpaired) electrons. The number of carbonyl (C=O) groups is 1. The lowest BCUT2D eigenvalue weighted by atomic mass is 10.0. The molecule has 2 aromatic rings. The normalized spacial score (nSPS) is 18.6. The zero-order valence-electron chi connectivity index (χ0n) is 14.2. The van der Waals surface area contributed by atoms with Crippen LogP contribution in [0.5, 0.6) is 0 Å². The number of sulfonamides is 1. The molecule has 1 fully saturated rings. The molecule has 3 rings (SSSR count). The Labute approximate surface area is 163 Å². The van der Waals surface area contributed by atoms with Gasteiger partial charge in [-0.2, -0.15) is 4.31 Å². The summed E-state index contributed by atoms with van der Waals surface area (Å²) < 4.78 is 27.5. The van der Waals surface area contributed by atoms with E-state index in [1.54, 1.807) is 23.6 Å². The van der Waals surface area contributed by atoms with Crippen molar-refractivity contribution >= 4 is 38.9 Å². The highest BCUT2D eigenvalue weighted by Gasteiger charge is 2.35. The summed E-state index contributed by atoms with van der Waals surface area (Å²) in [6.45, 7) is 0.797. The van der Waals surface area contributed by atoms with E-state index in [-0.39, 0.29) is 18.4 Å². The first-order valence-electron chi connectivity index (χ1n) is 8.54. The van der Waals surface area contributed by atoms with Crippen molar-refractivity contribution in [3.8, 4) is 0 Å². The lowest BCUT2D eigenvalue weighted by Gasteiger charge is -2.34. The van der Waals surface area contributed by atoms with Crippen molar-refractivity contribution in [2.45, 2.75) is 42.5 Å². The number of nitrogens with zero attached hydrogens (tertiary/aromatic N) is 1. The summed E-state index contributed by atoms with van der Waals surface area (Å²) >= 11 is 7.31. The summed E-state index contributed by atoms with van der Waals surface area (Å²) in [7, 11) is -3.54. The van der Waals surface area contributed by atoms with E-state index in [1.807, 2.05) is 18.2 Å². The molecule has 26 heavy (non-hydrogen) atoms. The molecule has 0 unspecified atom stereocenters. The number of rotatable bonds is 6. The van der Waals surface area contributed by atoms with E-state index in [0.717, 1.165) is 18.4 Å². The minimum absolute atomic E-state index is 0.162. The number of hydrogen-bond donors (Lipinski definition) is 1. The molecule has 1 saturated heterocycles. The van der Waals surface area contributed by atoms with Gasteiger partial charge in [-0.05, 0) is 35.9 Å². The number of nitrogens with one attached hydrogen (secondary N) is 1. The molecule has 1 aliphatic rings. The lowest BCUT2D eigenvalue weighted by molar-refractivity contribution is -0.122. The molecule has 1 aromatic heterocycles. The predicted octanol–water partition coefficient (Wildman–Crippen LogP) is 3.65. The molecule has 0 saturated carbocycles. The van der Waals surface area contributed by atoms with Crippen LogP contribution in [0.2, 0.25) is 5.02 Å².